The van der Waals surface area contributed by atoms with Gasteiger partial charge in [-0.05, 0) is 44.9 Å². The van der Waals surface area contributed by atoms with Crippen LogP contribution in [-0.2, 0) is 14.4 Å². The summed E-state index contributed by atoms with van der Waals surface area (Å²) < 4.78 is 0. The highest BCUT2D eigenvalue weighted by Crippen LogP contribution is 2.10. The molecule has 198 valence electrons. The van der Waals surface area contributed by atoms with Crippen molar-refractivity contribution >= 4 is 17.7 Å². The van der Waals surface area contributed by atoms with E-state index in [2.05, 4.69) is 48.9 Å². The number of nitrogens with one attached hydrogen (secondary N) is 3. The number of carbonyl (C=O) groups excluding carboxylic acids is 3. The second-order valence-electron chi connectivity index (χ2n) is 9.28. The average Bonchev–Trinajstić information content (AvgIpc) is 2.82. The van der Waals surface area contributed by atoms with Gasteiger partial charge in [0.05, 0.1) is 0 Å². The first kappa shape index (κ1) is 32.1. The predicted octanol–water partition coefficient (Wildman–Crippen LogP) is 5.95. The second kappa shape index (κ2) is 24.3. The van der Waals surface area contributed by atoms with Crippen molar-refractivity contribution in [1.82, 2.24) is 16.0 Å². The highest BCUT2D eigenvalue weighted by Gasteiger charge is 2.21. The van der Waals surface area contributed by atoms with Crippen LogP contribution in [0.2, 0.25) is 0 Å². The van der Waals surface area contributed by atoms with Gasteiger partial charge in [0, 0.05) is 25.9 Å². The number of allylic oxidation sites excluding steroid dienone is 2. The number of carbonyl (C=O) groups is 3. The molecule has 0 rings (SSSR count). The summed E-state index contributed by atoms with van der Waals surface area (Å²) in [4.78, 5) is 37.0. The molecule has 3 amide bonds. The Morgan fingerprint density at radius 1 is 0.618 bits per heavy atom. The molecule has 34 heavy (non-hydrogen) atoms. The molecule has 0 bridgehead atoms. The quantitative estimate of drug-likeness (QED) is 0.125. The lowest BCUT2D eigenvalue weighted by molar-refractivity contribution is -0.129. The first-order chi connectivity index (χ1) is 16.5. The molecular formula is C28H53N3O3. The SMILES string of the molecule is CCC/C=C/CCCCCCCCCC(=O)N[C@@H](CCC(=O)NCCCC)C(=O)NCCCC. The first-order valence-electron chi connectivity index (χ1n) is 14.0. The summed E-state index contributed by atoms with van der Waals surface area (Å²) >= 11 is 0. The van der Waals surface area contributed by atoms with Crippen LogP contribution >= 0.6 is 0 Å². The molecule has 6 nitrogen and oxygen atoms in total. The van der Waals surface area contributed by atoms with Crippen LogP contribution in [0.5, 0.6) is 0 Å². The van der Waals surface area contributed by atoms with E-state index in [-0.39, 0.29) is 24.1 Å². The van der Waals surface area contributed by atoms with Crippen LogP contribution in [-0.4, -0.2) is 36.9 Å². The van der Waals surface area contributed by atoms with Gasteiger partial charge in [-0.25, -0.2) is 0 Å². The monoisotopic (exact) mass is 479 g/mol. The molecule has 0 aromatic rings. The van der Waals surface area contributed by atoms with Gasteiger partial charge in [0.15, 0.2) is 0 Å². The van der Waals surface area contributed by atoms with E-state index in [1.807, 2.05) is 0 Å². The third-order valence-corrected chi connectivity index (χ3v) is 5.89. The maximum atomic E-state index is 12.5. The van der Waals surface area contributed by atoms with E-state index in [0.29, 0.717) is 25.9 Å². The van der Waals surface area contributed by atoms with Crippen molar-refractivity contribution in [3.8, 4) is 0 Å². The maximum Gasteiger partial charge on any atom is 0.242 e. The maximum absolute atomic E-state index is 12.5. The molecule has 0 fully saturated rings. The Morgan fingerprint density at radius 2 is 1.21 bits per heavy atom. The standard InChI is InChI=1S/C28H53N3O3/c1-4-7-10-11-12-13-14-15-16-17-18-19-20-27(33)31-25(28(34)30-24-9-6-3)21-22-26(32)29-23-8-5-2/h10-11,25H,4-9,12-24H2,1-3H3,(H,29,32)(H,30,34)(H,31,33)/b11-10+/t25-/m0/s1. The fourth-order valence-corrected chi connectivity index (χ4v) is 3.65. The molecule has 0 aliphatic heterocycles. The topological polar surface area (TPSA) is 87.3 Å². The minimum Gasteiger partial charge on any atom is -0.356 e. The molecule has 0 aliphatic carbocycles. The van der Waals surface area contributed by atoms with Crippen molar-refractivity contribution in [1.29, 1.82) is 0 Å². The van der Waals surface area contributed by atoms with Gasteiger partial charge in [-0.15, -0.1) is 0 Å². The molecule has 0 saturated carbocycles. The molecule has 0 unspecified atom stereocenters. The molecule has 0 radical (unpaired) electrons. The fourth-order valence-electron chi connectivity index (χ4n) is 3.65. The van der Waals surface area contributed by atoms with Crippen LogP contribution in [0.25, 0.3) is 0 Å². The van der Waals surface area contributed by atoms with Gasteiger partial charge in [0.25, 0.3) is 0 Å². The van der Waals surface area contributed by atoms with E-state index in [1.165, 1.54) is 44.9 Å². The largest absolute Gasteiger partial charge is 0.356 e. The van der Waals surface area contributed by atoms with Crippen molar-refractivity contribution in [2.24, 2.45) is 0 Å². The number of hydrogen-bond acceptors (Lipinski definition) is 3. The lowest BCUT2D eigenvalue weighted by Crippen LogP contribution is -2.47. The Bertz CT molecular complexity index is 549. The zero-order valence-corrected chi connectivity index (χ0v) is 22.4. The van der Waals surface area contributed by atoms with Crippen LogP contribution in [0.15, 0.2) is 12.2 Å². The number of rotatable bonds is 23. The van der Waals surface area contributed by atoms with Crippen molar-refractivity contribution in [3.63, 3.8) is 0 Å². The average molecular weight is 480 g/mol. The van der Waals surface area contributed by atoms with Crippen LogP contribution in [0.3, 0.4) is 0 Å². The van der Waals surface area contributed by atoms with Crippen molar-refractivity contribution in [2.75, 3.05) is 13.1 Å². The van der Waals surface area contributed by atoms with E-state index in [1.54, 1.807) is 0 Å². The summed E-state index contributed by atoms with van der Waals surface area (Å²) in [5, 5.41) is 8.63. The summed E-state index contributed by atoms with van der Waals surface area (Å²) in [6, 6.07) is -0.646. The zero-order valence-electron chi connectivity index (χ0n) is 22.4. The van der Waals surface area contributed by atoms with E-state index in [4.69, 9.17) is 0 Å². The van der Waals surface area contributed by atoms with Crippen LogP contribution in [0.1, 0.15) is 130 Å². The Kier molecular flexibility index (Phi) is 23.0. The molecule has 0 aromatic carbocycles. The molecule has 0 aliphatic rings. The van der Waals surface area contributed by atoms with E-state index in [0.717, 1.165) is 44.9 Å². The molecule has 0 aromatic heterocycles. The molecule has 0 heterocycles. The van der Waals surface area contributed by atoms with Crippen molar-refractivity contribution in [2.45, 2.75) is 136 Å². The minimum atomic E-state index is -0.646. The van der Waals surface area contributed by atoms with Crippen LogP contribution in [0.4, 0.5) is 0 Å². The summed E-state index contributed by atoms with van der Waals surface area (Å²) in [7, 11) is 0. The van der Waals surface area contributed by atoms with E-state index < -0.39 is 6.04 Å². The highest BCUT2D eigenvalue weighted by molar-refractivity contribution is 5.88. The van der Waals surface area contributed by atoms with Crippen molar-refractivity contribution in [3.05, 3.63) is 12.2 Å². The number of amides is 3. The summed E-state index contributed by atoms with van der Waals surface area (Å²) in [5.41, 5.74) is 0. The molecule has 6 heteroatoms. The summed E-state index contributed by atoms with van der Waals surface area (Å²) in [5.74, 6) is -0.348. The smallest absolute Gasteiger partial charge is 0.242 e. The predicted molar refractivity (Wildman–Crippen MR) is 143 cm³/mol. The Hall–Kier alpha value is -1.85. The molecular weight excluding hydrogens is 426 g/mol. The van der Waals surface area contributed by atoms with E-state index >= 15 is 0 Å². The Balaban J connectivity index is 4.13. The first-order valence-corrected chi connectivity index (χ1v) is 14.0. The number of hydrogen-bond donors (Lipinski definition) is 3. The third kappa shape index (κ3) is 20.7. The second-order valence-corrected chi connectivity index (χ2v) is 9.28. The Labute approximate surface area is 209 Å². The van der Waals surface area contributed by atoms with E-state index in [9.17, 15) is 14.4 Å². The van der Waals surface area contributed by atoms with Crippen molar-refractivity contribution < 1.29 is 14.4 Å². The molecule has 0 saturated heterocycles. The van der Waals surface area contributed by atoms with Gasteiger partial charge in [0.2, 0.25) is 17.7 Å². The molecule has 0 spiro atoms. The van der Waals surface area contributed by atoms with Gasteiger partial charge in [-0.1, -0.05) is 84.3 Å². The lowest BCUT2D eigenvalue weighted by atomic mass is 10.1. The lowest BCUT2D eigenvalue weighted by Gasteiger charge is -2.18. The van der Waals surface area contributed by atoms with Crippen LogP contribution in [0, 0.1) is 0 Å². The van der Waals surface area contributed by atoms with Crippen LogP contribution < -0.4 is 16.0 Å². The van der Waals surface area contributed by atoms with Gasteiger partial charge in [-0.2, -0.15) is 0 Å². The highest BCUT2D eigenvalue weighted by atomic mass is 16.2. The van der Waals surface area contributed by atoms with Gasteiger partial charge in [-0.3, -0.25) is 14.4 Å². The zero-order chi connectivity index (χ0) is 25.3. The fraction of sp³-hybridized carbons (Fsp3) is 0.821. The molecule has 3 N–H and O–H groups in total. The summed E-state index contributed by atoms with van der Waals surface area (Å²) in [6.07, 6.45) is 21.1. The number of unbranched alkanes of at least 4 members (excludes halogenated alkanes) is 10. The Morgan fingerprint density at radius 3 is 1.85 bits per heavy atom. The van der Waals surface area contributed by atoms with Gasteiger partial charge < -0.3 is 16.0 Å². The molecule has 1 atom stereocenters. The van der Waals surface area contributed by atoms with Gasteiger partial charge in [0.1, 0.15) is 6.04 Å². The minimum absolute atomic E-state index is 0.0639. The summed E-state index contributed by atoms with van der Waals surface area (Å²) in [6.45, 7) is 7.60. The third-order valence-electron chi connectivity index (χ3n) is 5.89. The van der Waals surface area contributed by atoms with Gasteiger partial charge >= 0.3 is 0 Å². The normalized spacial score (nSPS) is 12.0.